The molecule has 0 aliphatic heterocycles. The van der Waals surface area contributed by atoms with Crippen molar-refractivity contribution in [2.24, 2.45) is 0 Å². The van der Waals surface area contributed by atoms with Gasteiger partial charge in [-0.1, -0.05) is 23.7 Å². The molecule has 0 fully saturated rings. The van der Waals surface area contributed by atoms with Crippen molar-refractivity contribution in [1.82, 2.24) is 0 Å². The summed E-state index contributed by atoms with van der Waals surface area (Å²) in [5.41, 5.74) is 1.18. The van der Waals surface area contributed by atoms with Crippen LogP contribution in [0.25, 0.3) is 0 Å². The molecule has 8 heteroatoms. The standard InChI is InChI=1S/C19H21ClN2O4S/c1-3-26-17-7-5-4-6-15(17)22-19(24)12-27-11-18(23)21-13-8-9-16(25-2)14(20)10-13/h4-10H,3,11-12H2,1-2H3,(H,21,23)(H,22,24). The van der Waals surface area contributed by atoms with E-state index >= 15 is 0 Å². The number of methoxy groups -OCH3 is 1. The van der Waals surface area contributed by atoms with Crippen molar-refractivity contribution < 1.29 is 19.1 Å². The Labute approximate surface area is 167 Å². The van der Waals surface area contributed by atoms with E-state index in [1.165, 1.54) is 18.9 Å². The molecule has 0 heterocycles. The molecule has 2 N–H and O–H groups in total. The summed E-state index contributed by atoms with van der Waals surface area (Å²) in [5, 5.41) is 5.94. The number of nitrogens with one attached hydrogen (secondary N) is 2. The van der Waals surface area contributed by atoms with Crippen LogP contribution in [-0.4, -0.2) is 37.0 Å². The lowest BCUT2D eigenvalue weighted by atomic mass is 10.3. The molecule has 0 saturated carbocycles. The number of halogens is 1. The van der Waals surface area contributed by atoms with Gasteiger partial charge in [0.1, 0.15) is 11.5 Å². The first-order valence-corrected chi connectivity index (χ1v) is 9.79. The summed E-state index contributed by atoms with van der Waals surface area (Å²) in [4.78, 5) is 24.1. The minimum absolute atomic E-state index is 0.143. The Balaban J connectivity index is 1.78. The number of benzene rings is 2. The van der Waals surface area contributed by atoms with E-state index in [1.807, 2.05) is 19.1 Å². The number of carbonyl (C=O) groups is 2. The molecule has 2 aromatic carbocycles. The van der Waals surface area contributed by atoms with Crippen molar-refractivity contribution in [3.8, 4) is 11.5 Å². The van der Waals surface area contributed by atoms with Crippen molar-refractivity contribution >= 4 is 46.6 Å². The maximum Gasteiger partial charge on any atom is 0.234 e. The van der Waals surface area contributed by atoms with Crippen LogP contribution < -0.4 is 20.1 Å². The fourth-order valence-corrected chi connectivity index (χ4v) is 3.09. The van der Waals surface area contributed by atoms with Crippen LogP contribution in [0.1, 0.15) is 6.92 Å². The van der Waals surface area contributed by atoms with E-state index in [0.29, 0.717) is 34.5 Å². The van der Waals surface area contributed by atoms with E-state index in [2.05, 4.69) is 10.6 Å². The molecule has 2 amide bonds. The van der Waals surface area contributed by atoms with Crippen molar-refractivity contribution in [2.75, 3.05) is 35.9 Å². The van der Waals surface area contributed by atoms with Gasteiger partial charge in [-0.05, 0) is 37.3 Å². The SMILES string of the molecule is CCOc1ccccc1NC(=O)CSCC(=O)Nc1ccc(OC)c(Cl)c1. The molecule has 0 unspecified atom stereocenters. The first-order valence-electron chi connectivity index (χ1n) is 8.26. The van der Waals surface area contributed by atoms with E-state index in [9.17, 15) is 9.59 Å². The molecule has 2 aromatic rings. The number of thioether (sulfide) groups is 1. The van der Waals surface area contributed by atoms with Crippen LogP contribution in [0.5, 0.6) is 11.5 Å². The zero-order valence-corrected chi connectivity index (χ0v) is 16.7. The summed E-state index contributed by atoms with van der Waals surface area (Å²) in [7, 11) is 1.52. The van der Waals surface area contributed by atoms with Gasteiger partial charge in [-0.2, -0.15) is 0 Å². The second-order valence-corrected chi connectivity index (χ2v) is 6.76. The average molecular weight is 409 g/mol. The third kappa shape index (κ3) is 6.69. The lowest BCUT2D eigenvalue weighted by molar-refractivity contribution is -0.114. The summed E-state index contributed by atoms with van der Waals surface area (Å²) in [6.07, 6.45) is 0. The quantitative estimate of drug-likeness (QED) is 0.654. The molecular formula is C19H21ClN2O4S. The molecule has 27 heavy (non-hydrogen) atoms. The predicted octanol–water partition coefficient (Wildman–Crippen LogP) is 4.06. The summed E-state index contributed by atoms with van der Waals surface area (Å²) < 4.78 is 10.5. The predicted molar refractivity (Wildman–Crippen MR) is 110 cm³/mol. The van der Waals surface area contributed by atoms with Gasteiger partial charge in [-0.25, -0.2) is 0 Å². The maximum atomic E-state index is 12.1. The van der Waals surface area contributed by atoms with Gasteiger partial charge in [0, 0.05) is 5.69 Å². The number of ether oxygens (including phenoxy) is 2. The number of amides is 2. The third-order valence-corrected chi connectivity index (χ3v) is 4.59. The molecule has 0 atom stereocenters. The molecule has 144 valence electrons. The largest absolute Gasteiger partial charge is 0.495 e. The zero-order chi connectivity index (χ0) is 19.6. The van der Waals surface area contributed by atoms with Gasteiger partial charge in [0.25, 0.3) is 0 Å². The topological polar surface area (TPSA) is 76.7 Å². The Bertz CT molecular complexity index is 801. The second-order valence-electron chi connectivity index (χ2n) is 5.37. The van der Waals surface area contributed by atoms with Crippen LogP contribution in [-0.2, 0) is 9.59 Å². The number of anilines is 2. The van der Waals surface area contributed by atoms with E-state index in [1.54, 1.807) is 30.3 Å². The van der Waals surface area contributed by atoms with E-state index < -0.39 is 0 Å². The fourth-order valence-electron chi connectivity index (χ4n) is 2.22. The van der Waals surface area contributed by atoms with Crippen molar-refractivity contribution in [3.05, 3.63) is 47.5 Å². The van der Waals surface area contributed by atoms with Crippen LogP contribution in [0.4, 0.5) is 11.4 Å². The van der Waals surface area contributed by atoms with Crippen LogP contribution in [0.2, 0.25) is 5.02 Å². The highest BCUT2D eigenvalue weighted by Crippen LogP contribution is 2.27. The van der Waals surface area contributed by atoms with Crippen LogP contribution in [0, 0.1) is 0 Å². The van der Waals surface area contributed by atoms with Gasteiger partial charge in [0.2, 0.25) is 11.8 Å². The molecule has 0 aliphatic rings. The van der Waals surface area contributed by atoms with Gasteiger partial charge in [0.05, 0.1) is 35.9 Å². The zero-order valence-electron chi connectivity index (χ0n) is 15.1. The van der Waals surface area contributed by atoms with Crippen molar-refractivity contribution in [1.29, 1.82) is 0 Å². The monoisotopic (exact) mass is 408 g/mol. The fraction of sp³-hybridized carbons (Fsp3) is 0.263. The van der Waals surface area contributed by atoms with Gasteiger partial charge in [-0.15, -0.1) is 11.8 Å². The molecule has 6 nitrogen and oxygen atoms in total. The first kappa shape index (κ1) is 20.9. The number of rotatable bonds is 9. The van der Waals surface area contributed by atoms with E-state index in [0.717, 1.165) is 0 Å². The highest BCUT2D eigenvalue weighted by atomic mass is 35.5. The smallest absolute Gasteiger partial charge is 0.234 e. The third-order valence-electron chi connectivity index (χ3n) is 3.36. The molecule has 0 spiro atoms. The molecule has 0 aromatic heterocycles. The Morgan fingerprint density at radius 2 is 1.74 bits per heavy atom. The molecule has 2 rings (SSSR count). The van der Waals surface area contributed by atoms with Gasteiger partial charge in [-0.3, -0.25) is 9.59 Å². The summed E-state index contributed by atoms with van der Waals surface area (Å²) >= 11 is 7.24. The molecule has 0 saturated heterocycles. The van der Waals surface area contributed by atoms with Crippen LogP contribution >= 0.6 is 23.4 Å². The van der Waals surface area contributed by atoms with Gasteiger partial charge >= 0.3 is 0 Å². The second kappa shape index (κ2) is 10.7. The Hall–Kier alpha value is -2.38. The van der Waals surface area contributed by atoms with E-state index in [4.69, 9.17) is 21.1 Å². The Kier molecular flexibility index (Phi) is 8.29. The summed E-state index contributed by atoms with van der Waals surface area (Å²) in [5.74, 6) is 1.03. The minimum atomic E-state index is -0.219. The Morgan fingerprint density at radius 3 is 2.41 bits per heavy atom. The van der Waals surface area contributed by atoms with Crippen LogP contribution in [0.3, 0.4) is 0 Å². The lowest BCUT2D eigenvalue weighted by Gasteiger charge is -2.11. The lowest BCUT2D eigenvalue weighted by Crippen LogP contribution is -2.18. The summed E-state index contributed by atoms with van der Waals surface area (Å²) in [6, 6.07) is 12.2. The van der Waals surface area contributed by atoms with Crippen molar-refractivity contribution in [3.63, 3.8) is 0 Å². The summed E-state index contributed by atoms with van der Waals surface area (Å²) in [6.45, 7) is 2.39. The number of hydrogen-bond acceptors (Lipinski definition) is 5. The molecule has 0 radical (unpaired) electrons. The van der Waals surface area contributed by atoms with Gasteiger partial charge in [0.15, 0.2) is 0 Å². The number of carbonyl (C=O) groups excluding carboxylic acids is 2. The Morgan fingerprint density at radius 1 is 1.04 bits per heavy atom. The highest BCUT2D eigenvalue weighted by molar-refractivity contribution is 8.00. The van der Waals surface area contributed by atoms with Crippen LogP contribution in [0.15, 0.2) is 42.5 Å². The minimum Gasteiger partial charge on any atom is -0.495 e. The first-order chi connectivity index (χ1) is 13.0. The molecule has 0 aliphatic carbocycles. The number of para-hydroxylation sites is 2. The molecular weight excluding hydrogens is 388 g/mol. The molecule has 0 bridgehead atoms. The average Bonchev–Trinajstić information content (AvgIpc) is 2.64. The normalized spacial score (nSPS) is 10.2. The van der Waals surface area contributed by atoms with Crippen molar-refractivity contribution in [2.45, 2.75) is 6.92 Å². The highest BCUT2D eigenvalue weighted by Gasteiger charge is 2.10. The number of hydrogen-bond donors (Lipinski definition) is 2. The van der Waals surface area contributed by atoms with E-state index in [-0.39, 0.29) is 23.3 Å². The maximum absolute atomic E-state index is 12.1. The van der Waals surface area contributed by atoms with Gasteiger partial charge < -0.3 is 20.1 Å².